The van der Waals surface area contributed by atoms with E-state index in [2.05, 4.69) is 34.6 Å². The van der Waals surface area contributed by atoms with E-state index in [4.69, 9.17) is 4.74 Å². The Balaban J connectivity index is 1.37. The van der Waals surface area contributed by atoms with Crippen LogP contribution in [-0.4, -0.2) is 56.0 Å². The highest BCUT2D eigenvalue weighted by molar-refractivity contribution is 5.33. The molecule has 0 aromatic heterocycles. The van der Waals surface area contributed by atoms with Gasteiger partial charge in [0.25, 0.3) is 0 Å². The van der Waals surface area contributed by atoms with Crippen molar-refractivity contribution in [2.75, 3.05) is 0 Å². The molecule has 5 heteroatoms. The van der Waals surface area contributed by atoms with E-state index < -0.39 is 23.4 Å². The van der Waals surface area contributed by atoms with E-state index in [1.807, 2.05) is 13.8 Å². The van der Waals surface area contributed by atoms with Gasteiger partial charge in [-0.25, -0.2) is 0 Å². The lowest BCUT2D eigenvalue weighted by Crippen LogP contribution is -2.62. The Labute approximate surface area is 212 Å². The zero-order chi connectivity index (χ0) is 25.6. The van der Waals surface area contributed by atoms with Crippen molar-refractivity contribution in [2.24, 2.45) is 44.8 Å². The summed E-state index contributed by atoms with van der Waals surface area (Å²) in [6, 6.07) is 0. The Morgan fingerprint density at radius 1 is 0.771 bits per heavy atom. The first kappa shape index (κ1) is 25.1. The fraction of sp³-hybridized carbons (Fsp3) is 1.00. The van der Waals surface area contributed by atoms with E-state index in [0.717, 1.165) is 51.4 Å². The molecule has 1 saturated heterocycles. The third-order valence-corrected chi connectivity index (χ3v) is 13.8. The van der Waals surface area contributed by atoms with Crippen molar-refractivity contribution in [1.29, 1.82) is 0 Å². The summed E-state index contributed by atoms with van der Waals surface area (Å²) in [5.41, 5.74) is -1.35. The molecule has 1 aliphatic heterocycles. The second kappa shape index (κ2) is 6.86. The summed E-state index contributed by atoms with van der Waals surface area (Å²) in [7, 11) is 0. The second-order valence-corrected chi connectivity index (χ2v) is 15.9. The molecule has 1 heterocycles. The number of fused-ring (bicyclic) bond motifs is 2. The van der Waals surface area contributed by atoms with Crippen LogP contribution in [0.15, 0.2) is 0 Å². The minimum absolute atomic E-state index is 0.0267. The molecule has 5 aliphatic carbocycles. The lowest BCUT2D eigenvalue weighted by atomic mass is 9.41. The maximum absolute atomic E-state index is 11.7. The minimum atomic E-state index is -0.886. The minimum Gasteiger partial charge on any atom is -0.393 e. The predicted octanol–water partition coefficient (Wildman–Crippen LogP) is 4.44. The third kappa shape index (κ3) is 2.78. The van der Waals surface area contributed by atoms with E-state index in [0.29, 0.717) is 5.92 Å². The van der Waals surface area contributed by atoms with Crippen LogP contribution in [0.5, 0.6) is 0 Å². The van der Waals surface area contributed by atoms with E-state index in [1.165, 1.54) is 6.42 Å². The summed E-state index contributed by atoms with van der Waals surface area (Å²) in [5.74, 6) is 0.577. The van der Waals surface area contributed by atoms with Gasteiger partial charge in [0.2, 0.25) is 0 Å². The molecule has 5 nitrogen and oxygen atoms in total. The van der Waals surface area contributed by atoms with Crippen LogP contribution in [0.3, 0.4) is 0 Å². The van der Waals surface area contributed by atoms with Crippen molar-refractivity contribution in [3.8, 4) is 0 Å². The lowest BCUT2D eigenvalue weighted by Gasteiger charge is -2.64. The Morgan fingerprint density at radius 2 is 1.46 bits per heavy atom. The van der Waals surface area contributed by atoms with Gasteiger partial charge >= 0.3 is 0 Å². The van der Waals surface area contributed by atoms with Crippen LogP contribution in [0.1, 0.15) is 106 Å². The number of hydrogen-bond acceptors (Lipinski definition) is 5. The zero-order valence-corrected chi connectivity index (χ0v) is 23.1. The van der Waals surface area contributed by atoms with Crippen molar-refractivity contribution < 1.29 is 25.2 Å². The Morgan fingerprint density at radius 3 is 2.09 bits per heavy atom. The van der Waals surface area contributed by atoms with Gasteiger partial charge in [-0.05, 0) is 117 Å². The maximum atomic E-state index is 11.7. The summed E-state index contributed by atoms with van der Waals surface area (Å²) in [5, 5.41) is 45.0. The first-order chi connectivity index (χ1) is 16.0. The highest BCUT2D eigenvalue weighted by Gasteiger charge is 2.84. The third-order valence-electron chi connectivity index (χ3n) is 13.8. The van der Waals surface area contributed by atoms with Crippen LogP contribution >= 0.6 is 0 Å². The van der Waals surface area contributed by atoms with E-state index >= 15 is 0 Å². The normalized spacial score (nSPS) is 60.9. The molecule has 0 bridgehead atoms. The number of aliphatic hydroxyl groups is 4. The molecular weight excluding hydrogens is 440 g/mol. The van der Waals surface area contributed by atoms with E-state index in [9.17, 15) is 20.4 Å². The van der Waals surface area contributed by atoms with Crippen molar-refractivity contribution >= 4 is 0 Å². The molecule has 6 rings (SSSR count). The monoisotopic (exact) mass is 490 g/mol. The average molecular weight is 491 g/mol. The fourth-order valence-corrected chi connectivity index (χ4v) is 12.1. The lowest BCUT2D eigenvalue weighted by molar-refractivity contribution is -0.213. The van der Waals surface area contributed by atoms with Crippen LogP contribution in [-0.2, 0) is 4.74 Å². The van der Waals surface area contributed by atoms with Crippen LogP contribution in [0.25, 0.3) is 0 Å². The summed E-state index contributed by atoms with van der Waals surface area (Å²) in [4.78, 5) is 0. The van der Waals surface area contributed by atoms with E-state index in [1.54, 1.807) is 0 Å². The Kier molecular flexibility index (Phi) is 4.92. The van der Waals surface area contributed by atoms with Crippen molar-refractivity contribution in [3.63, 3.8) is 0 Å². The molecule has 2 unspecified atom stereocenters. The SMILES string of the molecule is CC(C)(O)[C@@H]1CC[C@](C)([C@H]2[C@@H](O)C[C@@]3(C)[C@@H]4C[C@H](O)[C@H]5C(C)(C)C(O)CCC56C[C@@]46CC[C@]23C)O1. The highest BCUT2D eigenvalue weighted by atomic mass is 16.5. The highest BCUT2D eigenvalue weighted by Crippen LogP contribution is 2.89. The number of hydrogen-bond donors (Lipinski definition) is 4. The smallest absolute Gasteiger partial charge is 0.0865 e. The number of ether oxygens (including phenoxy) is 1. The van der Waals surface area contributed by atoms with Gasteiger partial charge in [-0.3, -0.25) is 0 Å². The molecule has 6 aliphatic rings. The number of aliphatic hydroxyl groups excluding tert-OH is 3. The molecule has 0 radical (unpaired) electrons. The van der Waals surface area contributed by atoms with Crippen molar-refractivity contribution in [2.45, 2.75) is 142 Å². The van der Waals surface area contributed by atoms with Crippen LogP contribution in [0, 0.1) is 44.8 Å². The summed E-state index contributed by atoms with van der Waals surface area (Å²) in [6.07, 6.45) is 7.18. The van der Waals surface area contributed by atoms with Gasteiger partial charge in [0.15, 0.2) is 0 Å². The molecule has 0 aromatic rings. The average Bonchev–Trinajstić information content (AvgIpc) is 3.08. The van der Waals surface area contributed by atoms with Gasteiger partial charge < -0.3 is 25.2 Å². The quantitative estimate of drug-likeness (QED) is 0.460. The molecule has 12 atom stereocenters. The molecule has 200 valence electrons. The molecule has 4 N–H and O–H groups in total. The van der Waals surface area contributed by atoms with Gasteiger partial charge in [-0.15, -0.1) is 0 Å². The van der Waals surface area contributed by atoms with Gasteiger partial charge in [0.05, 0.1) is 35.6 Å². The van der Waals surface area contributed by atoms with Crippen LogP contribution in [0.2, 0.25) is 0 Å². The van der Waals surface area contributed by atoms with Gasteiger partial charge in [-0.2, -0.15) is 0 Å². The van der Waals surface area contributed by atoms with Gasteiger partial charge in [-0.1, -0.05) is 27.7 Å². The summed E-state index contributed by atoms with van der Waals surface area (Å²) >= 11 is 0. The molecule has 6 fully saturated rings. The largest absolute Gasteiger partial charge is 0.393 e. The first-order valence-corrected chi connectivity index (χ1v) is 14.4. The van der Waals surface area contributed by atoms with Gasteiger partial charge in [0.1, 0.15) is 0 Å². The summed E-state index contributed by atoms with van der Waals surface area (Å²) < 4.78 is 6.66. The molecule has 2 spiro atoms. The molecule has 0 amide bonds. The van der Waals surface area contributed by atoms with E-state index in [-0.39, 0.29) is 51.1 Å². The molecular formula is C30H50O5. The van der Waals surface area contributed by atoms with Crippen LogP contribution in [0.4, 0.5) is 0 Å². The van der Waals surface area contributed by atoms with Gasteiger partial charge in [0, 0.05) is 5.92 Å². The molecule has 5 saturated carbocycles. The fourth-order valence-electron chi connectivity index (χ4n) is 12.1. The van der Waals surface area contributed by atoms with Crippen LogP contribution < -0.4 is 0 Å². The maximum Gasteiger partial charge on any atom is 0.0865 e. The standard InChI is InChI=1S/C30H50O5/c1-24(2)20(33)8-11-30-16-29(30)13-12-26(5)23(28(7)10-9-21(35-28)25(3,4)34)18(32)15-27(26,6)19(29)14-17(31)22(24)30/h17-23,31-34H,8-16H2,1-7H3/t17-,18-,19-,20?,21-,22-,23-,26+,27-,28+,29-,30?/m0/s1. The second-order valence-electron chi connectivity index (χ2n) is 15.9. The number of rotatable bonds is 2. The Hall–Kier alpha value is -0.200. The van der Waals surface area contributed by atoms with Crippen molar-refractivity contribution in [1.82, 2.24) is 0 Å². The predicted molar refractivity (Wildman–Crippen MR) is 134 cm³/mol. The molecule has 35 heavy (non-hydrogen) atoms. The van der Waals surface area contributed by atoms with Crippen molar-refractivity contribution in [3.05, 3.63) is 0 Å². The first-order valence-electron chi connectivity index (χ1n) is 14.4. The topological polar surface area (TPSA) is 90.2 Å². The zero-order valence-electron chi connectivity index (χ0n) is 23.1. The Bertz CT molecular complexity index is 911. The summed E-state index contributed by atoms with van der Waals surface area (Å²) in [6.45, 7) is 15.0. The molecule has 0 aromatic carbocycles.